The number of benzene rings is 2. The molecule has 246 valence electrons. The smallest absolute Gasteiger partial charge is 0.338 e. The second kappa shape index (κ2) is 13.9. The third-order valence-corrected chi connectivity index (χ3v) is 9.84. The average molecular weight is 724 g/mol. The first kappa shape index (κ1) is 32.7. The van der Waals surface area contributed by atoms with E-state index in [0.29, 0.717) is 69.5 Å². The van der Waals surface area contributed by atoms with Crippen LogP contribution in [0.2, 0.25) is 0 Å². The molecule has 0 N–H and O–H groups in total. The molecule has 0 unspecified atom stereocenters. The van der Waals surface area contributed by atoms with E-state index in [-0.39, 0.29) is 30.2 Å². The molecule has 4 aromatic rings. The van der Waals surface area contributed by atoms with Gasteiger partial charge in [0.15, 0.2) is 16.3 Å². The molecular weight excluding hydrogens is 688 g/mol. The number of esters is 1. The van der Waals surface area contributed by atoms with Crippen molar-refractivity contribution in [3.63, 3.8) is 0 Å². The molecule has 1 amide bonds. The molecule has 11 nitrogen and oxygen atoms in total. The fraction of sp³-hybridized carbons (Fsp3) is 0.353. The Bertz CT molecular complexity index is 2070. The standard InChI is InChI=1S/C34H35BrN4O7S/c1-5-45-27-16-23(24(35)17-26(27)43-4)31-30(33(42)46-6-2)20(3)36-34-39(31)32(41)28(47-34)15-21-18-38(25-10-8-7-9-22(21)25)19-29(40)37-11-13-44-14-12-37/h7-10,15-18,31H,5-6,11-14,19H2,1-4H3/b28-15+/t31-/m0/s1. The molecule has 2 aromatic heterocycles. The number of methoxy groups -OCH3 is 1. The van der Waals surface area contributed by atoms with Crippen LogP contribution in [0.3, 0.4) is 0 Å². The highest BCUT2D eigenvalue weighted by Crippen LogP contribution is 2.41. The summed E-state index contributed by atoms with van der Waals surface area (Å²) >= 11 is 4.90. The van der Waals surface area contributed by atoms with Crippen LogP contribution in [0.15, 0.2) is 68.1 Å². The van der Waals surface area contributed by atoms with Gasteiger partial charge in [0.2, 0.25) is 5.91 Å². The molecule has 0 spiro atoms. The molecule has 2 aromatic carbocycles. The quantitative estimate of drug-likeness (QED) is 0.242. The first-order valence-electron chi connectivity index (χ1n) is 15.4. The summed E-state index contributed by atoms with van der Waals surface area (Å²) in [5.74, 6) is 0.449. The summed E-state index contributed by atoms with van der Waals surface area (Å²) in [5, 5.41) is 0.910. The molecule has 1 atom stereocenters. The van der Waals surface area contributed by atoms with E-state index < -0.39 is 12.0 Å². The number of fused-ring (bicyclic) bond motifs is 2. The predicted octanol–water partition coefficient (Wildman–Crippen LogP) is 3.78. The van der Waals surface area contributed by atoms with Gasteiger partial charge in [0, 0.05) is 40.2 Å². The Kier molecular flexibility index (Phi) is 9.67. The maximum Gasteiger partial charge on any atom is 0.338 e. The summed E-state index contributed by atoms with van der Waals surface area (Å²) in [5.41, 5.74) is 2.71. The number of morpholine rings is 1. The number of aromatic nitrogens is 2. The lowest BCUT2D eigenvalue weighted by Gasteiger charge is -2.27. The van der Waals surface area contributed by atoms with Crippen molar-refractivity contribution in [3.05, 3.63) is 89.2 Å². The van der Waals surface area contributed by atoms with Crippen LogP contribution < -0.4 is 24.4 Å². The molecule has 0 bridgehead atoms. The van der Waals surface area contributed by atoms with Crippen LogP contribution in [0.1, 0.15) is 37.9 Å². The summed E-state index contributed by atoms with van der Waals surface area (Å²) in [4.78, 5) is 47.9. The molecule has 0 radical (unpaired) electrons. The SMILES string of the molecule is CCOC(=O)C1=C(C)N=c2s/c(=C/c3cn(CC(=O)N4CCOCC4)c4ccccc34)c(=O)n2[C@H]1c1cc(OCC)c(OC)cc1Br. The molecule has 13 heteroatoms. The largest absolute Gasteiger partial charge is 0.493 e. The third-order valence-electron chi connectivity index (χ3n) is 8.17. The molecular formula is C34H35BrN4O7S. The van der Waals surface area contributed by atoms with E-state index in [1.807, 2.05) is 52.9 Å². The van der Waals surface area contributed by atoms with E-state index in [4.69, 9.17) is 23.9 Å². The second-order valence-corrected chi connectivity index (χ2v) is 12.8. The van der Waals surface area contributed by atoms with Gasteiger partial charge in [-0.2, -0.15) is 0 Å². The summed E-state index contributed by atoms with van der Waals surface area (Å²) in [6.45, 7) is 8.28. The minimum absolute atomic E-state index is 0.0124. The number of carbonyl (C=O) groups is 2. The first-order valence-corrected chi connectivity index (χ1v) is 17.0. The number of halogens is 1. The van der Waals surface area contributed by atoms with Crippen LogP contribution in [-0.4, -0.2) is 72.5 Å². The van der Waals surface area contributed by atoms with Crippen molar-refractivity contribution in [3.8, 4) is 11.5 Å². The Balaban J connectivity index is 1.50. The molecule has 0 aliphatic carbocycles. The number of amides is 1. The fourth-order valence-electron chi connectivity index (χ4n) is 5.99. The summed E-state index contributed by atoms with van der Waals surface area (Å²) in [7, 11) is 1.55. The molecule has 0 saturated carbocycles. The van der Waals surface area contributed by atoms with Crippen molar-refractivity contribution in [1.29, 1.82) is 0 Å². The van der Waals surface area contributed by atoms with Crippen LogP contribution in [0, 0.1) is 0 Å². The Morgan fingerprint density at radius 1 is 1.13 bits per heavy atom. The van der Waals surface area contributed by atoms with Gasteiger partial charge >= 0.3 is 5.97 Å². The average Bonchev–Trinajstić information content (AvgIpc) is 3.57. The number of allylic oxidation sites excluding steroid dienone is 1. The minimum atomic E-state index is -0.848. The highest BCUT2D eigenvalue weighted by Gasteiger charge is 2.35. The highest BCUT2D eigenvalue weighted by atomic mass is 79.9. The zero-order valence-corrected chi connectivity index (χ0v) is 29.0. The lowest BCUT2D eigenvalue weighted by molar-refractivity contribution is -0.139. The van der Waals surface area contributed by atoms with Gasteiger partial charge in [-0.05, 0) is 50.6 Å². The van der Waals surface area contributed by atoms with E-state index in [0.717, 1.165) is 16.5 Å². The van der Waals surface area contributed by atoms with Gasteiger partial charge in [0.05, 0.1) is 55.4 Å². The molecule has 47 heavy (non-hydrogen) atoms. The molecule has 1 fully saturated rings. The Hall–Kier alpha value is -4.20. The number of ether oxygens (including phenoxy) is 4. The number of hydrogen-bond acceptors (Lipinski definition) is 9. The number of thiazole rings is 1. The predicted molar refractivity (Wildman–Crippen MR) is 182 cm³/mol. The number of nitrogens with zero attached hydrogens (tertiary/aromatic N) is 4. The van der Waals surface area contributed by atoms with E-state index in [1.165, 1.54) is 11.3 Å². The van der Waals surface area contributed by atoms with Crippen molar-refractivity contribution < 1.29 is 28.5 Å². The normalized spacial score (nSPS) is 16.7. The number of carbonyl (C=O) groups excluding carboxylic acids is 2. The lowest BCUT2D eigenvalue weighted by atomic mass is 9.95. The van der Waals surface area contributed by atoms with Gasteiger partial charge < -0.3 is 28.4 Å². The molecule has 2 aliphatic rings. The maximum atomic E-state index is 14.4. The van der Waals surface area contributed by atoms with Gasteiger partial charge in [-0.1, -0.05) is 45.5 Å². The van der Waals surface area contributed by atoms with Crippen molar-refractivity contribution in [2.45, 2.75) is 33.4 Å². The van der Waals surface area contributed by atoms with Crippen LogP contribution in [0.4, 0.5) is 0 Å². The Labute approximate surface area is 283 Å². The third kappa shape index (κ3) is 6.27. The van der Waals surface area contributed by atoms with Crippen LogP contribution in [-0.2, 0) is 25.6 Å². The van der Waals surface area contributed by atoms with Crippen LogP contribution in [0.25, 0.3) is 17.0 Å². The number of para-hydroxylation sites is 1. The Morgan fingerprint density at radius 3 is 2.62 bits per heavy atom. The van der Waals surface area contributed by atoms with E-state index in [9.17, 15) is 14.4 Å². The highest BCUT2D eigenvalue weighted by molar-refractivity contribution is 9.10. The fourth-order valence-corrected chi connectivity index (χ4v) is 7.57. The molecule has 6 rings (SSSR count). The number of hydrogen-bond donors (Lipinski definition) is 0. The summed E-state index contributed by atoms with van der Waals surface area (Å²) in [6.07, 6.45) is 3.74. The van der Waals surface area contributed by atoms with Gasteiger partial charge in [0.25, 0.3) is 5.56 Å². The minimum Gasteiger partial charge on any atom is -0.493 e. The van der Waals surface area contributed by atoms with Gasteiger partial charge in [0.1, 0.15) is 6.54 Å². The van der Waals surface area contributed by atoms with E-state index in [1.54, 1.807) is 37.7 Å². The van der Waals surface area contributed by atoms with Gasteiger partial charge in [-0.15, -0.1) is 0 Å². The zero-order chi connectivity index (χ0) is 33.2. The van der Waals surface area contributed by atoms with Crippen molar-refractivity contribution >= 4 is 56.1 Å². The van der Waals surface area contributed by atoms with Crippen LogP contribution in [0.5, 0.6) is 11.5 Å². The maximum absolute atomic E-state index is 14.4. The van der Waals surface area contributed by atoms with E-state index >= 15 is 0 Å². The van der Waals surface area contributed by atoms with Gasteiger partial charge in [-0.25, -0.2) is 9.79 Å². The molecule has 4 heterocycles. The Morgan fingerprint density at radius 2 is 1.89 bits per heavy atom. The topological polar surface area (TPSA) is 114 Å². The van der Waals surface area contributed by atoms with Crippen LogP contribution >= 0.6 is 27.3 Å². The van der Waals surface area contributed by atoms with Crippen molar-refractivity contribution in [1.82, 2.24) is 14.0 Å². The van der Waals surface area contributed by atoms with Crippen molar-refractivity contribution in [2.75, 3.05) is 46.6 Å². The summed E-state index contributed by atoms with van der Waals surface area (Å²) < 4.78 is 26.8. The van der Waals surface area contributed by atoms with Gasteiger partial charge in [-0.3, -0.25) is 14.2 Å². The lowest BCUT2D eigenvalue weighted by Crippen LogP contribution is -2.42. The first-order chi connectivity index (χ1) is 22.7. The molecule has 1 saturated heterocycles. The second-order valence-electron chi connectivity index (χ2n) is 11.0. The molecule has 2 aliphatic heterocycles. The zero-order valence-electron chi connectivity index (χ0n) is 26.6. The number of rotatable bonds is 9. The van der Waals surface area contributed by atoms with Crippen molar-refractivity contribution in [2.24, 2.45) is 4.99 Å². The summed E-state index contributed by atoms with van der Waals surface area (Å²) in [6, 6.07) is 10.5. The monoisotopic (exact) mass is 722 g/mol. The van der Waals surface area contributed by atoms with E-state index in [2.05, 4.69) is 15.9 Å².